The molecule has 21 heavy (non-hydrogen) atoms. The van der Waals surface area contributed by atoms with Gasteiger partial charge in [0.15, 0.2) is 6.04 Å². The van der Waals surface area contributed by atoms with Crippen molar-refractivity contribution >= 4 is 17.8 Å². The highest BCUT2D eigenvalue weighted by Crippen LogP contribution is 2.21. The van der Waals surface area contributed by atoms with E-state index in [9.17, 15) is 19.5 Å². The summed E-state index contributed by atoms with van der Waals surface area (Å²) in [6.07, 6.45) is 0.615. The van der Waals surface area contributed by atoms with Gasteiger partial charge in [0, 0.05) is 6.54 Å². The molecule has 1 rings (SSSR count). The van der Waals surface area contributed by atoms with Crippen molar-refractivity contribution in [2.45, 2.75) is 32.4 Å². The monoisotopic (exact) mass is 302 g/mol. The molecule has 3 unspecified atom stereocenters. The fourth-order valence-corrected chi connectivity index (χ4v) is 2.28. The highest BCUT2D eigenvalue weighted by atomic mass is 16.5. The lowest BCUT2D eigenvalue weighted by Crippen LogP contribution is -2.55. The number of ether oxygens (including phenoxy) is 2. The first-order valence-corrected chi connectivity index (χ1v) is 6.97. The van der Waals surface area contributed by atoms with Crippen LogP contribution in [0.25, 0.3) is 0 Å². The zero-order valence-electron chi connectivity index (χ0n) is 12.3. The topological polar surface area (TPSA) is 119 Å². The molecule has 0 aliphatic carbocycles. The number of carboxylic acid groups (broad SMARTS) is 1. The van der Waals surface area contributed by atoms with Gasteiger partial charge in [0.05, 0.1) is 25.9 Å². The maximum atomic E-state index is 12.4. The van der Waals surface area contributed by atoms with E-state index in [0.717, 1.165) is 0 Å². The SMILES string of the molecule is CCCN(C(=O)C(N)C(=O)OCC)C1COCC1C(=O)O. The summed E-state index contributed by atoms with van der Waals surface area (Å²) in [5.74, 6) is -3.28. The highest BCUT2D eigenvalue weighted by molar-refractivity contribution is 6.02. The molecular formula is C13H22N2O6. The summed E-state index contributed by atoms with van der Waals surface area (Å²) in [5.41, 5.74) is 5.61. The van der Waals surface area contributed by atoms with Crippen LogP contribution in [0.15, 0.2) is 0 Å². The van der Waals surface area contributed by atoms with Gasteiger partial charge in [-0.05, 0) is 13.3 Å². The van der Waals surface area contributed by atoms with Crippen molar-refractivity contribution in [1.29, 1.82) is 0 Å². The van der Waals surface area contributed by atoms with Crippen LogP contribution in [0.3, 0.4) is 0 Å². The van der Waals surface area contributed by atoms with Crippen LogP contribution in [0.2, 0.25) is 0 Å². The first kappa shape index (κ1) is 17.4. The second kappa shape index (κ2) is 7.94. The van der Waals surface area contributed by atoms with Gasteiger partial charge in [-0.2, -0.15) is 0 Å². The summed E-state index contributed by atoms with van der Waals surface area (Å²) in [6, 6.07) is -2.05. The fraction of sp³-hybridized carbons (Fsp3) is 0.769. The van der Waals surface area contributed by atoms with Crippen LogP contribution >= 0.6 is 0 Å². The van der Waals surface area contributed by atoms with Gasteiger partial charge < -0.3 is 25.2 Å². The van der Waals surface area contributed by atoms with Crippen LogP contribution in [0.5, 0.6) is 0 Å². The standard InChI is InChI=1S/C13H22N2O6/c1-3-5-15(9-7-20-6-8(9)12(17)18)11(16)10(14)13(19)21-4-2/h8-10H,3-7,14H2,1-2H3,(H,17,18). The minimum Gasteiger partial charge on any atom is -0.481 e. The molecule has 1 aliphatic heterocycles. The molecule has 0 aromatic heterocycles. The summed E-state index contributed by atoms with van der Waals surface area (Å²) in [5, 5.41) is 9.17. The second-order valence-electron chi connectivity index (χ2n) is 4.81. The quantitative estimate of drug-likeness (QED) is 0.467. The van der Waals surface area contributed by atoms with Gasteiger partial charge in [-0.15, -0.1) is 0 Å². The van der Waals surface area contributed by atoms with Gasteiger partial charge in [-0.3, -0.25) is 9.59 Å². The van der Waals surface area contributed by atoms with Gasteiger partial charge in [-0.1, -0.05) is 6.92 Å². The molecule has 1 aliphatic rings. The molecular weight excluding hydrogens is 280 g/mol. The molecule has 3 atom stereocenters. The van der Waals surface area contributed by atoms with Crippen LogP contribution in [-0.2, 0) is 23.9 Å². The lowest BCUT2D eigenvalue weighted by molar-refractivity contribution is -0.152. The molecule has 1 amide bonds. The predicted molar refractivity (Wildman–Crippen MR) is 72.3 cm³/mol. The van der Waals surface area contributed by atoms with Crippen LogP contribution in [-0.4, -0.2) is 66.3 Å². The number of nitrogens with zero attached hydrogens (tertiary/aromatic N) is 1. The minimum absolute atomic E-state index is 0.0438. The molecule has 0 saturated carbocycles. The first-order valence-electron chi connectivity index (χ1n) is 6.97. The number of carboxylic acids is 1. The van der Waals surface area contributed by atoms with Crippen LogP contribution in [0, 0.1) is 5.92 Å². The van der Waals surface area contributed by atoms with Crippen molar-refractivity contribution < 1.29 is 29.0 Å². The maximum absolute atomic E-state index is 12.4. The van der Waals surface area contributed by atoms with Crippen LogP contribution < -0.4 is 5.73 Å². The zero-order chi connectivity index (χ0) is 16.0. The van der Waals surface area contributed by atoms with Crippen molar-refractivity contribution in [3.8, 4) is 0 Å². The number of nitrogens with two attached hydrogens (primary N) is 1. The Morgan fingerprint density at radius 3 is 2.57 bits per heavy atom. The Hall–Kier alpha value is -1.67. The number of amides is 1. The molecule has 8 heteroatoms. The van der Waals surface area contributed by atoms with E-state index >= 15 is 0 Å². The van der Waals surface area contributed by atoms with Crippen LogP contribution in [0.1, 0.15) is 20.3 Å². The van der Waals surface area contributed by atoms with E-state index in [0.29, 0.717) is 13.0 Å². The fourth-order valence-electron chi connectivity index (χ4n) is 2.28. The molecule has 0 aromatic carbocycles. The number of carbonyl (C=O) groups is 3. The number of hydrogen-bond acceptors (Lipinski definition) is 6. The van der Waals surface area contributed by atoms with Gasteiger partial charge in [0.2, 0.25) is 0 Å². The molecule has 0 aromatic rings. The molecule has 8 nitrogen and oxygen atoms in total. The minimum atomic E-state index is -1.44. The van der Waals surface area contributed by atoms with E-state index in [1.807, 2.05) is 6.92 Å². The third-order valence-corrected chi connectivity index (χ3v) is 3.32. The Labute approximate surface area is 123 Å². The summed E-state index contributed by atoms with van der Waals surface area (Å²) >= 11 is 0. The summed E-state index contributed by atoms with van der Waals surface area (Å²) < 4.78 is 9.90. The van der Waals surface area contributed by atoms with Crippen molar-refractivity contribution in [2.75, 3.05) is 26.4 Å². The van der Waals surface area contributed by atoms with Crippen LogP contribution in [0.4, 0.5) is 0 Å². The van der Waals surface area contributed by atoms with Gasteiger partial charge in [0.25, 0.3) is 5.91 Å². The summed E-state index contributed by atoms with van der Waals surface area (Å²) in [4.78, 5) is 36.5. The molecule has 0 bridgehead atoms. The number of rotatable bonds is 7. The summed E-state index contributed by atoms with van der Waals surface area (Å²) in [6.45, 7) is 4.06. The number of aliphatic carboxylic acids is 1. The number of carbonyl (C=O) groups excluding carboxylic acids is 2. The molecule has 0 spiro atoms. The lowest BCUT2D eigenvalue weighted by Gasteiger charge is -2.31. The average molecular weight is 302 g/mol. The van der Waals surface area contributed by atoms with E-state index in [1.165, 1.54) is 4.90 Å². The van der Waals surface area contributed by atoms with E-state index < -0.39 is 35.8 Å². The first-order chi connectivity index (χ1) is 9.93. The molecule has 120 valence electrons. The number of hydrogen-bond donors (Lipinski definition) is 2. The maximum Gasteiger partial charge on any atom is 0.332 e. The molecule has 1 heterocycles. The van der Waals surface area contributed by atoms with Gasteiger partial charge >= 0.3 is 11.9 Å². The number of esters is 1. The van der Waals surface area contributed by atoms with Crippen molar-refractivity contribution in [3.63, 3.8) is 0 Å². The second-order valence-corrected chi connectivity index (χ2v) is 4.81. The molecule has 3 N–H and O–H groups in total. The highest BCUT2D eigenvalue weighted by Gasteiger charge is 2.42. The Morgan fingerprint density at radius 1 is 1.38 bits per heavy atom. The zero-order valence-corrected chi connectivity index (χ0v) is 12.3. The Balaban J connectivity index is 2.87. The lowest BCUT2D eigenvalue weighted by atomic mass is 10.0. The van der Waals surface area contributed by atoms with E-state index in [2.05, 4.69) is 0 Å². The Kier molecular flexibility index (Phi) is 6.57. The third kappa shape index (κ3) is 4.15. The van der Waals surface area contributed by atoms with Gasteiger partial charge in [0.1, 0.15) is 5.92 Å². The van der Waals surface area contributed by atoms with E-state index in [4.69, 9.17) is 15.2 Å². The Bertz CT molecular complexity index is 400. The molecule has 0 radical (unpaired) electrons. The van der Waals surface area contributed by atoms with Crippen molar-refractivity contribution in [3.05, 3.63) is 0 Å². The Morgan fingerprint density at radius 2 is 2.05 bits per heavy atom. The van der Waals surface area contributed by atoms with E-state index in [-0.39, 0.29) is 19.8 Å². The van der Waals surface area contributed by atoms with Crippen molar-refractivity contribution in [1.82, 2.24) is 4.90 Å². The normalized spacial score (nSPS) is 22.6. The van der Waals surface area contributed by atoms with Crippen molar-refractivity contribution in [2.24, 2.45) is 11.7 Å². The average Bonchev–Trinajstić information content (AvgIpc) is 2.92. The van der Waals surface area contributed by atoms with E-state index in [1.54, 1.807) is 6.92 Å². The molecule has 1 saturated heterocycles. The van der Waals surface area contributed by atoms with Gasteiger partial charge in [-0.25, -0.2) is 4.79 Å². The molecule has 1 fully saturated rings. The smallest absolute Gasteiger partial charge is 0.332 e. The third-order valence-electron chi connectivity index (χ3n) is 3.32. The predicted octanol–water partition coefficient (Wildman–Crippen LogP) is -0.785. The summed E-state index contributed by atoms with van der Waals surface area (Å²) in [7, 11) is 0. The largest absolute Gasteiger partial charge is 0.481 e.